The van der Waals surface area contributed by atoms with Crippen molar-refractivity contribution in [3.63, 3.8) is 0 Å². The monoisotopic (exact) mass is 355 g/mol. The first kappa shape index (κ1) is 14.9. The minimum atomic E-state index is -3.74. The van der Waals surface area contributed by atoms with E-state index in [-0.39, 0.29) is 16.3 Å². The van der Waals surface area contributed by atoms with Gasteiger partial charge in [0.1, 0.15) is 0 Å². The van der Waals surface area contributed by atoms with Gasteiger partial charge in [0.15, 0.2) is 5.75 Å². The lowest BCUT2D eigenvalue weighted by atomic mass is 10.2. The third-order valence-corrected chi connectivity index (χ3v) is 5.01. The van der Waals surface area contributed by atoms with E-state index in [0.29, 0.717) is 10.0 Å². The molecule has 20 heavy (non-hydrogen) atoms. The Morgan fingerprint density at radius 3 is 2.55 bits per heavy atom. The van der Waals surface area contributed by atoms with Gasteiger partial charge in [0.2, 0.25) is 0 Å². The maximum Gasteiger partial charge on any atom is 0.262 e. The SMILES string of the molecule is Cc1ccc(C)c(S(=O)(=O)Nc2cccc(Br)c2O)c1. The number of sulfonamides is 1. The van der Waals surface area contributed by atoms with Crippen molar-refractivity contribution in [1.82, 2.24) is 0 Å². The fourth-order valence-electron chi connectivity index (χ4n) is 1.79. The van der Waals surface area contributed by atoms with E-state index >= 15 is 0 Å². The van der Waals surface area contributed by atoms with E-state index in [2.05, 4.69) is 20.7 Å². The standard InChI is InChI=1S/C14H14BrNO3S/c1-9-6-7-10(2)13(8-9)20(18,19)16-12-5-3-4-11(15)14(12)17/h3-8,16-17H,1-2H3. The lowest BCUT2D eigenvalue weighted by Crippen LogP contribution is -2.14. The zero-order valence-electron chi connectivity index (χ0n) is 11.0. The highest BCUT2D eigenvalue weighted by Crippen LogP contribution is 2.33. The summed E-state index contributed by atoms with van der Waals surface area (Å²) >= 11 is 3.15. The van der Waals surface area contributed by atoms with Crippen molar-refractivity contribution in [2.24, 2.45) is 0 Å². The topological polar surface area (TPSA) is 66.4 Å². The molecule has 0 spiro atoms. The number of rotatable bonds is 3. The Kier molecular flexibility index (Phi) is 4.06. The molecule has 0 unspecified atom stereocenters. The van der Waals surface area contributed by atoms with Gasteiger partial charge in [-0.1, -0.05) is 18.2 Å². The van der Waals surface area contributed by atoms with Crippen LogP contribution in [0.5, 0.6) is 5.75 Å². The highest BCUT2D eigenvalue weighted by atomic mass is 79.9. The fraction of sp³-hybridized carbons (Fsp3) is 0.143. The second-order valence-electron chi connectivity index (χ2n) is 4.51. The molecule has 0 amide bonds. The summed E-state index contributed by atoms with van der Waals surface area (Å²) < 4.78 is 27.6. The molecule has 0 atom stereocenters. The number of halogens is 1. The number of nitrogens with one attached hydrogen (secondary N) is 1. The summed E-state index contributed by atoms with van der Waals surface area (Å²) in [7, 11) is -3.74. The Hall–Kier alpha value is -1.53. The predicted molar refractivity (Wildman–Crippen MR) is 82.5 cm³/mol. The highest BCUT2D eigenvalue weighted by molar-refractivity contribution is 9.10. The second-order valence-corrected chi connectivity index (χ2v) is 7.02. The number of hydrogen-bond acceptors (Lipinski definition) is 3. The van der Waals surface area contributed by atoms with Crippen molar-refractivity contribution in [2.45, 2.75) is 18.7 Å². The first-order chi connectivity index (χ1) is 9.31. The van der Waals surface area contributed by atoms with Crippen LogP contribution in [0.1, 0.15) is 11.1 Å². The molecular weight excluding hydrogens is 342 g/mol. The van der Waals surface area contributed by atoms with Crippen LogP contribution in [-0.4, -0.2) is 13.5 Å². The van der Waals surface area contributed by atoms with Crippen molar-refractivity contribution in [3.8, 4) is 5.75 Å². The van der Waals surface area contributed by atoms with Crippen molar-refractivity contribution in [2.75, 3.05) is 4.72 Å². The molecule has 0 saturated carbocycles. The number of benzene rings is 2. The molecular formula is C14H14BrNO3S. The molecule has 2 N–H and O–H groups in total. The maximum absolute atomic E-state index is 12.4. The summed E-state index contributed by atoms with van der Waals surface area (Å²) in [5.74, 6) is -0.138. The van der Waals surface area contributed by atoms with Gasteiger partial charge >= 0.3 is 0 Å². The molecule has 2 rings (SSSR count). The molecule has 6 heteroatoms. The average Bonchev–Trinajstić information content (AvgIpc) is 2.37. The number of phenolic OH excluding ortho intramolecular Hbond substituents is 1. The molecule has 106 valence electrons. The number of aryl methyl sites for hydroxylation is 2. The van der Waals surface area contributed by atoms with E-state index < -0.39 is 10.0 Å². The van der Waals surface area contributed by atoms with Gasteiger partial charge in [0.05, 0.1) is 15.1 Å². The summed E-state index contributed by atoms with van der Waals surface area (Å²) in [5.41, 5.74) is 1.65. The molecule has 2 aromatic carbocycles. The van der Waals surface area contributed by atoms with E-state index in [9.17, 15) is 13.5 Å². The zero-order valence-corrected chi connectivity index (χ0v) is 13.4. The number of phenols is 1. The lowest BCUT2D eigenvalue weighted by Gasteiger charge is -2.12. The lowest BCUT2D eigenvalue weighted by molar-refractivity contribution is 0.474. The third kappa shape index (κ3) is 2.96. The molecule has 0 heterocycles. The van der Waals surface area contributed by atoms with Crippen molar-refractivity contribution < 1.29 is 13.5 Å². The quantitative estimate of drug-likeness (QED) is 0.827. The van der Waals surface area contributed by atoms with Crippen LogP contribution < -0.4 is 4.72 Å². The molecule has 2 aromatic rings. The average molecular weight is 356 g/mol. The maximum atomic E-state index is 12.4. The van der Waals surface area contributed by atoms with E-state index in [4.69, 9.17) is 0 Å². The minimum absolute atomic E-state index is 0.138. The minimum Gasteiger partial charge on any atom is -0.505 e. The van der Waals surface area contributed by atoms with Crippen LogP contribution in [-0.2, 0) is 10.0 Å². The molecule has 0 saturated heterocycles. The summed E-state index contributed by atoms with van der Waals surface area (Å²) in [6, 6.07) is 9.99. The van der Waals surface area contributed by atoms with Crippen LogP contribution in [0.3, 0.4) is 0 Å². The van der Waals surface area contributed by atoms with E-state index in [1.807, 2.05) is 13.0 Å². The van der Waals surface area contributed by atoms with E-state index in [1.165, 1.54) is 6.07 Å². The van der Waals surface area contributed by atoms with Gasteiger partial charge in [-0.15, -0.1) is 0 Å². The highest BCUT2D eigenvalue weighted by Gasteiger charge is 2.19. The van der Waals surface area contributed by atoms with Gasteiger partial charge < -0.3 is 5.11 Å². The van der Waals surface area contributed by atoms with Gasteiger partial charge in [-0.25, -0.2) is 8.42 Å². The first-order valence-electron chi connectivity index (χ1n) is 5.89. The summed E-state index contributed by atoms with van der Waals surface area (Å²) in [4.78, 5) is 0.205. The molecule has 0 fully saturated rings. The largest absolute Gasteiger partial charge is 0.505 e. The third-order valence-electron chi connectivity index (χ3n) is 2.86. The molecule has 0 radical (unpaired) electrons. The first-order valence-corrected chi connectivity index (χ1v) is 8.16. The van der Waals surface area contributed by atoms with Crippen LogP contribution in [0.2, 0.25) is 0 Å². The van der Waals surface area contributed by atoms with Crippen molar-refractivity contribution in [3.05, 3.63) is 52.0 Å². The Balaban J connectivity index is 2.46. The van der Waals surface area contributed by atoms with Gasteiger partial charge in [-0.2, -0.15) is 0 Å². The van der Waals surface area contributed by atoms with Crippen LogP contribution >= 0.6 is 15.9 Å². The van der Waals surface area contributed by atoms with Crippen LogP contribution in [0, 0.1) is 13.8 Å². The number of para-hydroxylation sites is 1. The molecule has 0 aliphatic carbocycles. The Bertz CT molecular complexity index is 757. The van der Waals surface area contributed by atoms with Crippen molar-refractivity contribution in [1.29, 1.82) is 0 Å². The predicted octanol–water partition coefficient (Wildman–Crippen LogP) is 3.57. The van der Waals surface area contributed by atoms with Gasteiger partial charge in [-0.3, -0.25) is 4.72 Å². The smallest absolute Gasteiger partial charge is 0.262 e. The number of anilines is 1. The summed E-state index contributed by atoms with van der Waals surface area (Å²) in [6.45, 7) is 3.56. The Labute approximate surface area is 126 Å². The summed E-state index contributed by atoms with van der Waals surface area (Å²) in [6.07, 6.45) is 0. The van der Waals surface area contributed by atoms with Crippen molar-refractivity contribution >= 4 is 31.6 Å². The zero-order chi connectivity index (χ0) is 14.9. The molecule has 4 nitrogen and oxygen atoms in total. The normalized spacial score (nSPS) is 11.3. The Morgan fingerprint density at radius 1 is 1.15 bits per heavy atom. The van der Waals surface area contributed by atoms with Crippen LogP contribution in [0.15, 0.2) is 45.8 Å². The molecule has 0 aliphatic rings. The van der Waals surface area contributed by atoms with Crippen LogP contribution in [0.4, 0.5) is 5.69 Å². The Morgan fingerprint density at radius 2 is 1.85 bits per heavy atom. The van der Waals surface area contributed by atoms with Crippen LogP contribution in [0.25, 0.3) is 0 Å². The van der Waals surface area contributed by atoms with Gasteiger partial charge in [0.25, 0.3) is 10.0 Å². The van der Waals surface area contributed by atoms with E-state index in [0.717, 1.165) is 5.56 Å². The number of hydrogen-bond donors (Lipinski definition) is 2. The molecule has 0 aromatic heterocycles. The second kappa shape index (κ2) is 5.46. The number of aromatic hydroxyl groups is 1. The molecule has 0 aliphatic heterocycles. The van der Waals surface area contributed by atoms with Gasteiger partial charge in [0, 0.05) is 0 Å². The van der Waals surface area contributed by atoms with E-state index in [1.54, 1.807) is 31.2 Å². The fourth-order valence-corrected chi connectivity index (χ4v) is 3.56. The summed E-state index contributed by atoms with van der Waals surface area (Å²) in [5, 5.41) is 9.86. The van der Waals surface area contributed by atoms with Gasteiger partial charge in [-0.05, 0) is 59.1 Å². The molecule has 0 bridgehead atoms.